The second-order valence-electron chi connectivity index (χ2n) is 10.4. The van der Waals surface area contributed by atoms with Gasteiger partial charge in [0.25, 0.3) is 0 Å². The number of unbranched alkanes of at least 4 members (excludes halogenated alkanes) is 3. The first kappa shape index (κ1) is 31.3. The monoisotopic (exact) mass is 555 g/mol. The zero-order valence-electron chi connectivity index (χ0n) is 23.4. The predicted octanol–water partition coefficient (Wildman–Crippen LogP) is 9.23. The molecule has 0 aliphatic carbocycles. The van der Waals surface area contributed by atoms with E-state index >= 15 is 0 Å². The number of nitrogens with zero attached hydrogens (tertiary/aromatic N) is 1. The number of carboxylic acid groups (broad SMARTS) is 1. The van der Waals surface area contributed by atoms with Gasteiger partial charge in [-0.1, -0.05) is 74.7 Å². The Labute approximate surface area is 235 Å². The number of aryl methyl sites for hydroxylation is 1. The molecule has 0 saturated carbocycles. The zero-order valence-corrected chi connectivity index (χ0v) is 23.4. The first-order chi connectivity index (χ1) is 19.2. The number of rotatable bonds is 16. The minimum atomic E-state index is -4.42. The summed E-state index contributed by atoms with van der Waals surface area (Å²) in [6, 6.07) is 20.2. The van der Waals surface area contributed by atoms with Gasteiger partial charge in [-0.25, -0.2) is 0 Å². The van der Waals surface area contributed by atoms with Crippen LogP contribution >= 0.6 is 0 Å². The van der Waals surface area contributed by atoms with Gasteiger partial charge in [-0.15, -0.1) is 0 Å². The van der Waals surface area contributed by atoms with Gasteiger partial charge in [-0.3, -0.25) is 9.78 Å². The standard InChI is InChI=1S/C33H40F3NO3/c1-3-4-5-7-11-25-16-19-31(37-23-25)30-22-28(17-18-29(30)27-12-8-6-9-13-27)26(14-10-15-32(38)39)20-21-40-24(2)33(34,35)36/h6,8-9,12-13,16-19,22-24,26H,3-5,7,10-11,14-15,20-21H2,1-2H3,(H,38,39). The van der Waals surface area contributed by atoms with Crippen molar-refractivity contribution in [3.8, 4) is 22.4 Å². The number of hydrogen-bond donors (Lipinski definition) is 1. The highest BCUT2D eigenvalue weighted by atomic mass is 19.4. The Bertz CT molecular complexity index is 1180. The lowest BCUT2D eigenvalue weighted by molar-refractivity contribution is -0.214. The van der Waals surface area contributed by atoms with E-state index in [0.29, 0.717) is 19.3 Å². The molecule has 2 aromatic carbocycles. The van der Waals surface area contributed by atoms with E-state index in [4.69, 9.17) is 14.8 Å². The lowest BCUT2D eigenvalue weighted by Crippen LogP contribution is -2.29. The van der Waals surface area contributed by atoms with E-state index in [2.05, 4.69) is 19.1 Å². The lowest BCUT2D eigenvalue weighted by Gasteiger charge is -2.22. The third-order valence-corrected chi connectivity index (χ3v) is 7.26. The molecule has 0 bridgehead atoms. The Kier molecular flexibility index (Phi) is 12.2. The number of hydrogen-bond acceptors (Lipinski definition) is 3. The maximum atomic E-state index is 13.0. The van der Waals surface area contributed by atoms with Crippen molar-refractivity contribution in [2.45, 2.75) is 89.8 Å². The van der Waals surface area contributed by atoms with Crippen LogP contribution in [0.4, 0.5) is 13.2 Å². The zero-order chi connectivity index (χ0) is 29.0. The Morgan fingerprint density at radius 3 is 2.38 bits per heavy atom. The van der Waals surface area contributed by atoms with Crippen molar-refractivity contribution in [2.75, 3.05) is 6.61 Å². The maximum Gasteiger partial charge on any atom is 0.414 e. The van der Waals surface area contributed by atoms with Crippen molar-refractivity contribution in [3.63, 3.8) is 0 Å². The minimum absolute atomic E-state index is 0.00649. The first-order valence-electron chi connectivity index (χ1n) is 14.2. The van der Waals surface area contributed by atoms with Crippen LogP contribution in [0.25, 0.3) is 22.4 Å². The molecule has 0 aliphatic rings. The van der Waals surface area contributed by atoms with Crippen molar-refractivity contribution < 1.29 is 27.8 Å². The molecule has 3 rings (SSSR count). The molecule has 1 heterocycles. The first-order valence-corrected chi connectivity index (χ1v) is 14.2. The SMILES string of the molecule is CCCCCCc1ccc(-c2cc(C(CCCC(=O)O)CCOC(C)C(F)(F)F)ccc2-c2ccccc2)nc1. The van der Waals surface area contributed by atoms with Crippen LogP contribution in [0, 0.1) is 0 Å². The summed E-state index contributed by atoms with van der Waals surface area (Å²) in [4.78, 5) is 15.9. The van der Waals surface area contributed by atoms with Crippen LogP contribution in [0.15, 0.2) is 66.9 Å². The molecule has 40 heavy (non-hydrogen) atoms. The van der Waals surface area contributed by atoms with Crippen molar-refractivity contribution >= 4 is 5.97 Å². The van der Waals surface area contributed by atoms with Gasteiger partial charge in [0.1, 0.15) is 0 Å². The van der Waals surface area contributed by atoms with Gasteiger partial charge in [-0.05, 0) is 79.3 Å². The van der Waals surface area contributed by atoms with Crippen LogP contribution in [0.2, 0.25) is 0 Å². The summed E-state index contributed by atoms with van der Waals surface area (Å²) in [5.41, 5.74) is 5.95. The lowest BCUT2D eigenvalue weighted by atomic mass is 9.86. The van der Waals surface area contributed by atoms with Gasteiger partial charge in [0, 0.05) is 24.8 Å². The quantitative estimate of drug-likeness (QED) is 0.179. The second kappa shape index (κ2) is 15.6. The van der Waals surface area contributed by atoms with E-state index in [9.17, 15) is 18.0 Å². The summed E-state index contributed by atoms with van der Waals surface area (Å²) in [6.07, 6.45) is 2.72. The molecule has 3 aromatic rings. The largest absolute Gasteiger partial charge is 0.481 e. The number of benzene rings is 2. The Balaban J connectivity index is 1.90. The summed E-state index contributed by atoms with van der Waals surface area (Å²) >= 11 is 0. The molecule has 216 valence electrons. The molecule has 2 atom stereocenters. The van der Waals surface area contributed by atoms with E-state index in [-0.39, 0.29) is 18.9 Å². The summed E-state index contributed by atoms with van der Waals surface area (Å²) < 4.78 is 44.0. The molecular formula is C33H40F3NO3. The summed E-state index contributed by atoms with van der Waals surface area (Å²) in [5, 5.41) is 9.14. The molecule has 0 spiro atoms. The normalized spacial score (nSPS) is 13.2. The van der Waals surface area contributed by atoms with Crippen molar-refractivity contribution in [2.24, 2.45) is 0 Å². The third kappa shape index (κ3) is 9.77. The molecular weight excluding hydrogens is 515 g/mol. The van der Waals surface area contributed by atoms with Crippen LogP contribution in [0.1, 0.15) is 82.3 Å². The number of aromatic nitrogens is 1. The molecule has 0 radical (unpaired) electrons. The number of halogens is 3. The van der Waals surface area contributed by atoms with Crippen molar-refractivity contribution in [3.05, 3.63) is 78.0 Å². The Morgan fingerprint density at radius 2 is 1.73 bits per heavy atom. The molecule has 7 heteroatoms. The number of carboxylic acids is 1. The van der Waals surface area contributed by atoms with Crippen LogP contribution in [-0.4, -0.2) is 34.9 Å². The highest BCUT2D eigenvalue weighted by Gasteiger charge is 2.36. The average molecular weight is 556 g/mol. The van der Waals surface area contributed by atoms with E-state index in [1.807, 2.05) is 54.7 Å². The fourth-order valence-electron chi connectivity index (χ4n) is 4.84. The van der Waals surface area contributed by atoms with Gasteiger partial charge in [-0.2, -0.15) is 13.2 Å². The molecule has 1 aromatic heterocycles. The third-order valence-electron chi connectivity index (χ3n) is 7.26. The van der Waals surface area contributed by atoms with Crippen LogP contribution in [-0.2, 0) is 16.0 Å². The molecule has 0 saturated heterocycles. The molecule has 2 unspecified atom stereocenters. The molecule has 0 aliphatic heterocycles. The van der Waals surface area contributed by atoms with Gasteiger partial charge in [0.05, 0.1) is 5.69 Å². The van der Waals surface area contributed by atoms with Crippen LogP contribution < -0.4 is 0 Å². The van der Waals surface area contributed by atoms with Gasteiger partial charge in [0.2, 0.25) is 0 Å². The van der Waals surface area contributed by atoms with E-state index < -0.39 is 18.2 Å². The van der Waals surface area contributed by atoms with Crippen LogP contribution in [0.5, 0.6) is 0 Å². The molecule has 1 N–H and O–H groups in total. The van der Waals surface area contributed by atoms with Gasteiger partial charge >= 0.3 is 12.1 Å². The number of ether oxygens (including phenoxy) is 1. The smallest absolute Gasteiger partial charge is 0.414 e. The van der Waals surface area contributed by atoms with Gasteiger partial charge < -0.3 is 9.84 Å². The van der Waals surface area contributed by atoms with Crippen molar-refractivity contribution in [1.29, 1.82) is 0 Å². The van der Waals surface area contributed by atoms with Crippen LogP contribution in [0.3, 0.4) is 0 Å². The number of pyridine rings is 1. The highest BCUT2D eigenvalue weighted by molar-refractivity contribution is 5.82. The molecule has 0 fully saturated rings. The summed E-state index contributed by atoms with van der Waals surface area (Å²) in [7, 11) is 0. The number of alkyl halides is 3. The molecule has 0 amide bonds. The fraction of sp³-hybridized carbons (Fsp3) is 0.455. The summed E-state index contributed by atoms with van der Waals surface area (Å²) in [6.45, 7) is 3.13. The highest BCUT2D eigenvalue weighted by Crippen LogP contribution is 2.36. The summed E-state index contributed by atoms with van der Waals surface area (Å²) in [5.74, 6) is -1.04. The molecule has 4 nitrogen and oxygen atoms in total. The number of carbonyl (C=O) groups is 1. The van der Waals surface area contributed by atoms with E-state index in [1.54, 1.807) is 0 Å². The van der Waals surface area contributed by atoms with E-state index in [1.165, 1.54) is 24.8 Å². The average Bonchev–Trinajstić information content (AvgIpc) is 2.94. The Hall–Kier alpha value is -3.19. The minimum Gasteiger partial charge on any atom is -0.481 e. The number of aliphatic carboxylic acids is 1. The second-order valence-corrected chi connectivity index (χ2v) is 10.4. The Morgan fingerprint density at radius 1 is 0.950 bits per heavy atom. The topological polar surface area (TPSA) is 59.4 Å². The van der Waals surface area contributed by atoms with E-state index in [0.717, 1.165) is 47.7 Å². The maximum absolute atomic E-state index is 13.0. The van der Waals surface area contributed by atoms with Crippen molar-refractivity contribution in [1.82, 2.24) is 4.98 Å². The predicted molar refractivity (Wildman–Crippen MR) is 153 cm³/mol. The fourth-order valence-corrected chi connectivity index (χ4v) is 4.84. The van der Waals surface area contributed by atoms with Gasteiger partial charge in [0.15, 0.2) is 6.10 Å².